The van der Waals surface area contributed by atoms with Gasteiger partial charge in [-0.2, -0.15) is 0 Å². The van der Waals surface area contributed by atoms with Crippen molar-refractivity contribution in [2.24, 2.45) is 5.92 Å². The molecule has 3 nitrogen and oxygen atoms in total. The van der Waals surface area contributed by atoms with E-state index in [1.165, 1.54) is 12.8 Å². The molecule has 20 heavy (non-hydrogen) atoms. The van der Waals surface area contributed by atoms with E-state index < -0.39 is 0 Å². The van der Waals surface area contributed by atoms with Gasteiger partial charge in [-0.25, -0.2) is 4.98 Å². The molecule has 106 valence electrons. The second-order valence-corrected chi connectivity index (χ2v) is 6.48. The van der Waals surface area contributed by atoms with E-state index >= 15 is 0 Å². The Bertz CT molecular complexity index is 672. The summed E-state index contributed by atoms with van der Waals surface area (Å²) in [6, 6.07) is 7.97. The number of hydrogen-bond donors (Lipinski definition) is 0. The summed E-state index contributed by atoms with van der Waals surface area (Å²) in [5.74, 6) is 0.785. The monoisotopic (exact) mass is 288 g/mol. The first-order valence-electron chi connectivity index (χ1n) is 7.26. The van der Waals surface area contributed by atoms with E-state index in [2.05, 4.69) is 11.9 Å². The molecule has 1 fully saturated rings. The van der Waals surface area contributed by atoms with Crippen LogP contribution in [0.3, 0.4) is 0 Å². The standard InChI is InChI=1S/C16H20N2OS/c1-11-7-9-12(10-8-11)18-15(19)13-5-3-4-6-14(13)17-16(18)20-2/h3-6,11-12H,7-10H2,1-2H3. The van der Waals surface area contributed by atoms with Gasteiger partial charge >= 0.3 is 0 Å². The van der Waals surface area contributed by atoms with E-state index in [-0.39, 0.29) is 5.56 Å². The molecule has 1 heterocycles. The Morgan fingerprint density at radius 2 is 1.90 bits per heavy atom. The minimum atomic E-state index is 0.125. The van der Waals surface area contributed by atoms with Gasteiger partial charge in [0.25, 0.3) is 5.56 Å². The molecule has 0 aliphatic heterocycles. The molecule has 0 amide bonds. The number of thioether (sulfide) groups is 1. The zero-order valence-corrected chi connectivity index (χ0v) is 12.8. The lowest BCUT2D eigenvalue weighted by Crippen LogP contribution is -2.29. The number of fused-ring (bicyclic) bond motifs is 1. The SMILES string of the molecule is CSc1nc2ccccc2c(=O)n1C1CCC(C)CC1. The molecule has 0 unspecified atom stereocenters. The first-order chi connectivity index (χ1) is 9.70. The van der Waals surface area contributed by atoms with Gasteiger partial charge in [0, 0.05) is 6.04 Å². The summed E-state index contributed by atoms with van der Waals surface area (Å²) in [5.41, 5.74) is 0.932. The van der Waals surface area contributed by atoms with Crippen LogP contribution < -0.4 is 5.56 Å². The van der Waals surface area contributed by atoms with Crippen LogP contribution in [0, 0.1) is 5.92 Å². The van der Waals surface area contributed by atoms with Crippen LogP contribution >= 0.6 is 11.8 Å². The third kappa shape index (κ3) is 2.37. The number of benzene rings is 1. The average molecular weight is 288 g/mol. The Balaban J connectivity index is 2.13. The van der Waals surface area contributed by atoms with Crippen LogP contribution in [-0.4, -0.2) is 15.8 Å². The number of hydrogen-bond acceptors (Lipinski definition) is 3. The van der Waals surface area contributed by atoms with E-state index in [1.807, 2.05) is 35.1 Å². The minimum absolute atomic E-state index is 0.125. The molecule has 0 N–H and O–H groups in total. The predicted molar refractivity (Wildman–Crippen MR) is 84.5 cm³/mol. The first kappa shape index (κ1) is 13.7. The van der Waals surface area contributed by atoms with Gasteiger partial charge in [-0.1, -0.05) is 30.8 Å². The molecule has 1 aromatic heterocycles. The summed E-state index contributed by atoms with van der Waals surface area (Å²) in [4.78, 5) is 17.5. The van der Waals surface area contributed by atoms with Crippen LogP contribution in [0.25, 0.3) is 10.9 Å². The second-order valence-electron chi connectivity index (χ2n) is 5.70. The summed E-state index contributed by atoms with van der Waals surface area (Å²) >= 11 is 1.57. The number of nitrogens with zero attached hydrogens (tertiary/aromatic N) is 2. The Morgan fingerprint density at radius 3 is 2.60 bits per heavy atom. The van der Waals surface area contributed by atoms with Crippen molar-refractivity contribution < 1.29 is 0 Å². The van der Waals surface area contributed by atoms with Gasteiger partial charge in [-0.05, 0) is 50.0 Å². The third-order valence-electron chi connectivity index (χ3n) is 4.31. The van der Waals surface area contributed by atoms with Crippen molar-refractivity contribution in [2.45, 2.75) is 43.8 Å². The van der Waals surface area contributed by atoms with Crippen LogP contribution in [0.15, 0.2) is 34.2 Å². The maximum absolute atomic E-state index is 12.8. The van der Waals surface area contributed by atoms with Crippen molar-refractivity contribution in [2.75, 3.05) is 6.26 Å². The highest BCUT2D eigenvalue weighted by molar-refractivity contribution is 7.98. The second kappa shape index (κ2) is 5.60. The van der Waals surface area contributed by atoms with Crippen LogP contribution in [0.2, 0.25) is 0 Å². The summed E-state index contributed by atoms with van der Waals surface area (Å²) in [5, 5.41) is 1.59. The summed E-state index contributed by atoms with van der Waals surface area (Å²) in [6.07, 6.45) is 6.59. The Labute approximate surface area is 123 Å². The van der Waals surface area contributed by atoms with Gasteiger partial charge in [0.2, 0.25) is 0 Å². The van der Waals surface area contributed by atoms with Crippen molar-refractivity contribution in [1.82, 2.24) is 9.55 Å². The van der Waals surface area contributed by atoms with Gasteiger partial charge in [0.15, 0.2) is 5.16 Å². The lowest BCUT2D eigenvalue weighted by Gasteiger charge is -2.29. The van der Waals surface area contributed by atoms with Crippen molar-refractivity contribution in [3.8, 4) is 0 Å². The van der Waals surface area contributed by atoms with Gasteiger partial charge < -0.3 is 0 Å². The molecule has 0 radical (unpaired) electrons. The summed E-state index contributed by atoms with van der Waals surface area (Å²) < 4.78 is 1.94. The molecule has 0 atom stereocenters. The van der Waals surface area contributed by atoms with E-state index in [0.29, 0.717) is 6.04 Å². The fourth-order valence-corrected chi connectivity index (χ4v) is 3.71. The quantitative estimate of drug-likeness (QED) is 0.621. The molecule has 1 aliphatic carbocycles. The number of aromatic nitrogens is 2. The van der Waals surface area contributed by atoms with Crippen LogP contribution in [0.4, 0.5) is 0 Å². The topological polar surface area (TPSA) is 34.9 Å². The first-order valence-corrected chi connectivity index (χ1v) is 8.48. The van der Waals surface area contributed by atoms with Gasteiger partial charge in [0.1, 0.15) is 0 Å². The highest BCUT2D eigenvalue weighted by Crippen LogP contribution is 2.33. The van der Waals surface area contributed by atoms with Gasteiger partial charge in [-0.3, -0.25) is 9.36 Å². The maximum Gasteiger partial charge on any atom is 0.262 e. The smallest absolute Gasteiger partial charge is 0.262 e. The number of para-hydroxylation sites is 1. The van der Waals surface area contributed by atoms with Crippen LogP contribution in [0.5, 0.6) is 0 Å². The van der Waals surface area contributed by atoms with Crippen molar-refractivity contribution >= 4 is 22.7 Å². The van der Waals surface area contributed by atoms with Crippen molar-refractivity contribution in [3.05, 3.63) is 34.6 Å². The normalized spacial score (nSPS) is 23.1. The maximum atomic E-state index is 12.8. The molecule has 1 aliphatic rings. The van der Waals surface area contributed by atoms with E-state index in [0.717, 1.165) is 34.8 Å². The zero-order valence-electron chi connectivity index (χ0n) is 12.0. The molecular formula is C16H20N2OS. The van der Waals surface area contributed by atoms with E-state index in [4.69, 9.17) is 0 Å². The molecule has 4 heteroatoms. The van der Waals surface area contributed by atoms with Crippen molar-refractivity contribution in [3.63, 3.8) is 0 Å². The number of rotatable bonds is 2. The molecular weight excluding hydrogens is 268 g/mol. The van der Waals surface area contributed by atoms with Crippen molar-refractivity contribution in [1.29, 1.82) is 0 Å². The fraction of sp³-hybridized carbons (Fsp3) is 0.500. The van der Waals surface area contributed by atoms with Gasteiger partial charge in [0.05, 0.1) is 10.9 Å². The molecule has 0 spiro atoms. The van der Waals surface area contributed by atoms with Crippen LogP contribution in [0.1, 0.15) is 38.6 Å². The fourth-order valence-electron chi connectivity index (χ4n) is 3.09. The molecule has 2 aromatic rings. The predicted octanol–water partition coefficient (Wildman–Crippen LogP) is 3.87. The molecule has 1 saturated carbocycles. The lowest BCUT2D eigenvalue weighted by atomic mass is 9.87. The zero-order chi connectivity index (χ0) is 14.1. The largest absolute Gasteiger partial charge is 0.284 e. The highest BCUT2D eigenvalue weighted by Gasteiger charge is 2.23. The summed E-state index contributed by atoms with van der Waals surface area (Å²) in [6.45, 7) is 2.30. The Kier molecular flexibility index (Phi) is 3.83. The van der Waals surface area contributed by atoms with E-state index in [1.54, 1.807) is 11.8 Å². The Hall–Kier alpha value is -1.29. The van der Waals surface area contributed by atoms with Gasteiger partial charge in [-0.15, -0.1) is 0 Å². The minimum Gasteiger partial charge on any atom is -0.284 e. The average Bonchev–Trinajstić information content (AvgIpc) is 2.48. The summed E-state index contributed by atoms with van der Waals surface area (Å²) in [7, 11) is 0. The highest BCUT2D eigenvalue weighted by atomic mass is 32.2. The Morgan fingerprint density at radius 1 is 1.20 bits per heavy atom. The molecule has 1 aromatic carbocycles. The van der Waals surface area contributed by atoms with Crippen LogP contribution in [-0.2, 0) is 0 Å². The molecule has 0 saturated heterocycles. The third-order valence-corrected chi connectivity index (χ3v) is 4.96. The molecule has 0 bridgehead atoms. The lowest BCUT2D eigenvalue weighted by molar-refractivity contribution is 0.272. The van der Waals surface area contributed by atoms with E-state index in [9.17, 15) is 4.79 Å². The molecule has 3 rings (SSSR count).